The number of hydrogen-bond donors (Lipinski definition) is 0. The van der Waals surface area contributed by atoms with Crippen LogP contribution >= 0.6 is 0 Å². The Labute approximate surface area is 164 Å². The number of benzene rings is 2. The molecule has 1 aliphatic heterocycles. The third-order valence-corrected chi connectivity index (χ3v) is 5.44. The Morgan fingerprint density at radius 3 is 2.50 bits per heavy atom. The molecule has 2 aromatic carbocycles. The molecule has 0 saturated heterocycles. The SMILES string of the molecule is CCOC(=O)N1N=C2c3ccc(OC)cc3CC[C@@H]2[C@@H]1c1ccc(OC)cc1. The van der Waals surface area contributed by atoms with Crippen LogP contribution in [0.1, 0.15) is 36.1 Å². The van der Waals surface area contributed by atoms with E-state index >= 15 is 0 Å². The number of hydrazone groups is 1. The minimum absolute atomic E-state index is 0.124. The molecule has 2 aromatic rings. The highest BCUT2D eigenvalue weighted by atomic mass is 16.6. The molecule has 2 aliphatic rings. The second-order valence-electron chi connectivity index (χ2n) is 6.91. The largest absolute Gasteiger partial charge is 0.497 e. The highest BCUT2D eigenvalue weighted by Crippen LogP contribution is 2.44. The molecule has 1 heterocycles. The number of methoxy groups -OCH3 is 2. The second kappa shape index (κ2) is 7.54. The van der Waals surface area contributed by atoms with Gasteiger partial charge in [0, 0.05) is 11.5 Å². The number of ether oxygens (including phenoxy) is 3. The lowest BCUT2D eigenvalue weighted by Gasteiger charge is -2.29. The van der Waals surface area contributed by atoms with Gasteiger partial charge in [-0.2, -0.15) is 10.1 Å². The van der Waals surface area contributed by atoms with Crippen LogP contribution in [0.5, 0.6) is 11.5 Å². The molecule has 0 saturated carbocycles. The quantitative estimate of drug-likeness (QED) is 0.798. The van der Waals surface area contributed by atoms with E-state index in [1.54, 1.807) is 21.1 Å². The standard InChI is InChI=1S/C22H24N2O4/c1-4-28-22(25)24-21(14-5-8-16(26-2)9-6-14)19-11-7-15-13-17(27-3)10-12-18(15)20(19)23-24/h5-6,8-10,12-13,19,21H,4,7,11H2,1-3H3/t19-,21-/m0/s1. The number of nitrogens with zero attached hydrogens (tertiary/aromatic N) is 2. The fraction of sp³-hybridized carbons (Fsp3) is 0.364. The predicted molar refractivity (Wildman–Crippen MR) is 106 cm³/mol. The van der Waals surface area contributed by atoms with Crippen molar-refractivity contribution in [3.63, 3.8) is 0 Å². The Balaban J connectivity index is 1.75. The Bertz CT molecular complexity index is 907. The van der Waals surface area contributed by atoms with Crippen molar-refractivity contribution in [2.24, 2.45) is 11.0 Å². The highest BCUT2D eigenvalue weighted by molar-refractivity contribution is 6.06. The van der Waals surface area contributed by atoms with Crippen molar-refractivity contribution in [3.8, 4) is 11.5 Å². The summed E-state index contributed by atoms with van der Waals surface area (Å²) in [6.07, 6.45) is 1.41. The van der Waals surface area contributed by atoms with Gasteiger partial charge in [0.2, 0.25) is 0 Å². The minimum atomic E-state index is -0.416. The molecule has 1 amide bonds. The van der Waals surface area contributed by atoms with Crippen LogP contribution in [-0.4, -0.2) is 37.6 Å². The van der Waals surface area contributed by atoms with Crippen LogP contribution in [0, 0.1) is 5.92 Å². The molecule has 0 N–H and O–H groups in total. The van der Waals surface area contributed by atoms with Gasteiger partial charge in [0.05, 0.1) is 32.6 Å². The van der Waals surface area contributed by atoms with Gasteiger partial charge in [-0.15, -0.1) is 0 Å². The van der Waals surface area contributed by atoms with Crippen LogP contribution in [0.4, 0.5) is 4.79 Å². The summed E-state index contributed by atoms with van der Waals surface area (Å²) < 4.78 is 15.9. The number of carbonyl (C=O) groups is 1. The average molecular weight is 380 g/mol. The van der Waals surface area contributed by atoms with Gasteiger partial charge in [0.1, 0.15) is 11.5 Å². The van der Waals surface area contributed by atoms with E-state index in [4.69, 9.17) is 19.3 Å². The monoisotopic (exact) mass is 380 g/mol. The van der Waals surface area contributed by atoms with E-state index in [0.717, 1.165) is 41.2 Å². The lowest BCUT2D eigenvalue weighted by atomic mass is 9.77. The molecule has 2 atom stereocenters. The molecule has 0 aromatic heterocycles. The van der Waals surface area contributed by atoms with E-state index < -0.39 is 6.09 Å². The zero-order chi connectivity index (χ0) is 19.7. The lowest BCUT2D eigenvalue weighted by Crippen LogP contribution is -2.32. The Kier molecular flexibility index (Phi) is 4.94. The van der Waals surface area contributed by atoms with Gasteiger partial charge < -0.3 is 14.2 Å². The van der Waals surface area contributed by atoms with E-state index in [-0.39, 0.29) is 12.0 Å². The second-order valence-corrected chi connectivity index (χ2v) is 6.91. The van der Waals surface area contributed by atoms with Crippen LogP contribution in [0.3, 0.4) is 0 Å². The molecule has 6 nitrogen and oxygen atoms in total. The van der Waals surface area contributed by atoms with Gasteiger partial charge in [0.25, 0.3) is 0 Å². The van der Waals surface area contributed by atoms with Gasteiger partial charge in [-0.25, -0.2) is 4.79 Å². The zero-order valence-corrected chi connectivity index (χ0v) is 16.3. The normalized spacial score (nSPS) is 20.1. The summed E-state index contributed by atoms with van der Waals surface area (Å²) in [6.45, 7) is 2.12. The Morgan fingerprint density at radius 1 is 1.11 bits per heavy atom. The summed E-state index contributed by atoms with van der Waals surface area (Å²) in [5.41, 5.74) is 4.25. The third kappa shape index (κ3) is 3.09. The third-order valence-electron chi connectivity index (χ3n) is 5.44. The molecular weight excluding hydrogens is 356 g/mol. The van der Waals surface area contributed by atoms with Crippen molar-refractivity contribution in [1.29, 1.82) is 0 Å². The first-order valence-corrected chi connectivity index (χ1v) is 9.52. The van der Waals surface area contributed by atoms with Crippen molar-refractivity contribution in [1.82, 2.24) is 5.01 Å². The van der Waals surface area contributed by atoms with Crippen molar-refractivity contribution >= 4 is 11.8 Å². The lowest BCUT2D eigenvalue weighted by molar-refractivity contribution is 0.0909. The molecule has 6 heteroatoms. The predicted octanol–water partition coefficient (Wildman–Crippen LogP) is 4.18. The molecule has 0 bridgehead atoms. The van der Waals surface area contributed by atoms with E-state index in [1.807, 2.05) is 36.4 Å². The summed E-state index contributed by atoms with van der Waals surface area (Å²) in [5.74, 6) is 1.75. The zero-order valence-electron chi connectivity index (χ0n) is 16.3. The summed E-state index contributed by atoms with van der Waals surface area (Å²) in [6, 6.07) is 13.7. The molecular formula is C22H24N2O4. The molecule has 0 fully saturated rings. The molecule has 146 valence electrons. The van der Waals surface area contributed by atoms with Crippen LogP contribution in [0.2, 0.25) is 0 Å². The highest BCUT2D eigenvalue weighted by Gasteiger charge is 2.44. The van der Waals surface area contributed by atoms with Crippen LogP contribution < -0.4 is 9.47 Å². The molecule has 0 spiro atoms. The van der Waals surface area contributed by atoms with Crippen molar-refractivity contribution < 1.29 is 19.0 Å². The Morgan fingerprint density at radius 2 is 1.82 bits per heavy atom. The average Bonchev–Trinajstić information content (AvgIpc) is 3.13. The molecule has 0 unspecified atom stereocenters. The van der Waals surface area contributed by atoms with Crippen molar-refractivity contribution in [3.05, 3.63) is 59.2 Å². The number of carbonyl (C=O) groups excluding carboxylic acids is 1. The van der Waals surface area contributed by atoms with E-state index in [9.17, 15) is 4.79 Å². The summed E-state index contributed by atoms with van der Waals surface area (Å²) >= 11 is 0. The first-order valence-electron chi connectivity index (χ1n) is 9.52. The van der Waals surface area contributed by atoms with Crippen LogP contribution in [0.15, 0.2) is 47.6 Å². The minimum Gasteiger partial charge on any atom is -0.497 e. The summed E-state index contributed by atoms with van der Waals surface area (Å²) in [4.78, 5) is 12.7. The first kappa shape index (κ1) is 18.3. The number of fused-ring (bicyclic) bond motifs is 3. The maximum atomic E-state index is 12.7. The maximum absolute atomic E-state index is 12.7. The first-order chi connectivity index (χ1) is 13.7. The van der Waals surface area contributed by atoms with Gasteiger partial charge in [0.15, 0.2) is 0 Å². The van der Waals surface area contributed by atoms with Crippen LogP contribution in [0.25, 0.3) is 0 Å². The van der Waals surface area contributed by atoms with E-state index in [1.165, 1.54) is 10.6 Å². The van der Waals surface area contributed by atoms with Crippen molar-refractivity contribution in [2.45, 2.75) is 25.8 Å². The topological polar surface area (TPSA) is 60.4 Å². The number of amides is 1. The van der Waals surface area contributed by atoms with Gasteiger partial charge in [-0.05, 0) is 61.2 Å². The number of rotatable bonds is 4. The number of aryl methyl sites for hydroxylation is 1. The van der Waals surface area contributed by atoms with Gasteiger partial charge in [-0.3, -0.25) is 0 Å². The molecule has 0 radical (unpaired) electrons. The fourth-order valence-electron chi connectivity index (χ4n) is 4.10. The Hall–Kier alpha value is -3.02. The molecule has 28 heavy (non-hydrogen) atoms. The summed E-state index contributed by atoms with van der Waals surface area (Å²) in [5, 5.41) is 6.23. The van der Waals surface area contributed by atoms with Crippen LogP contribution in [-0.2, 0) is 11.2 Å². The smallest absolute Gasteiger partial charge is 0.430 e. The molecule has 1 aliphatic carbocycles. The number of hydrogen-bond acceptors (Lipinski definition) is 5. The molecule has 4 rings (SSSR count). The van der Waals surface area contributed by atoms with Gasteiger partial charge in [-0.1, -0.05) is 12.1 Å². The maximum Gasteiger partial charge on any atom is 0.430 e. The van der Waals surface area contributed by atoms with Gasteiger partial charge >= 0.3 is 6.09 Å². The van der Waals surface area contributed by atoms with E-state index in [0.29, 0.717) is 6.61 Å². The van der Waals surface area contributed by atoms with E-state index in [2.05, 4.69) is 6.07 Å². The fourth-order valence-corrected chi connectivity index (χ4v) is 4.10. The van der Waals surface area contributed by atoms with Crippen molar-refractivity contribution in [2.75, 3.05) is 20.8 Å². The summed E-state index contributed by atoms with van der Waals surface area (Å²) in [7, 11) is 3.31.